The number of benzene rings is 1. The predicted molar refractivity (Wildman–Crippen MR) is 117 cm³/mol. The molecule has 3 rings (SSSR count). The topological polar surface area (TPSA) is 92.9 Å². The summed E-state index contributed by atoms with van der Waals surface area (Å²) in [5.41, 5.74) is -1.40. The van der Waals surface area contributed by atoms with Gasteiger partial charge in [-0.15, -0.1) is 0 Å². The first kappa shape index (κ1) is 25.6. The Morgan fingerprint density at radius 3 is 2.71 bits per heavy atom. The number of carbonyl (C=O) groups excluding carboxylic acids is 1. The molecule has 7 nitrogen and oxygen atoms in total. The molecule has 0 aliphatic carbocycles. The maximum Gasteiger partial charge on any atom is 0.433 e. The Balaban J connectivity index is 1.91. The summed E-state index contributed by atoms with van der Waals surface area (Å²) in [6.07, 6.45) is -3.77. The number of aliphatic hydroxyl groups excluding tert-OH is 1. The summed E-state index contributed by atoms with van der Waals surface area (Å²) in [6.45, 7) is 1.31. The van der Waals surface area contributed by atoms with E-state index in [1.165, 1.54) is 6.07 Å². The summed E-state index contributed by atoms with van der Waals surface area (Å²) in [5, 5.41) is 15.9. The van der Waals surface area contributed by atoms with Crippen molar-refractivity contribution < 1.29 is 27.5 Å². The van der Waals surface area contributed by atoms with E-state index in [4.69, 9.17) is 11.6 Å². The fourth-order valence-corrected chi connectivity index (χ4v) is 3.52. The van der Waals surface area contributed by atoms with Crippen LogP contribution in [0.15, 0.2) is 42.9 Å². The van der Waals surface area contributed by atoms with E-state index < -0.39 is 29.6 Å². The van der Waals surface area contributed by atoms with Gasteiger partial charge in [0.25, 0.3) is 0 Å². The van der Waals surface area contributed by atoms with Crippen LogP contribution in [0.4, 0.5) is 23.4 Å². The van der Waals surface area contributed by atoms with Crippen molar-refractivity contribution in [3.63, 3.8) is 0 Å². The molecule has 0 fully saturated rings. The van der Waals surface area contributed by atoms with Gasteiger partial charge in [0.1, 0.15) is 23.5 Å². The van der Waals surface area contributed by atoms with E-state index in [0.717, 1.165) is 12.5 Å². The van der Waals surface area contributed by atoms with Crippen LogP contribution in [0.1, 0.15) is 47.1 Å². The van der Waals surface area contributed by atoms with Crippen LogP contribution in [-0.4, -0.2) is 43.5 Å². The Morgan fingerprint density at radius 1 is 1.29 bits per heavy atom. The normalized spacial score (nSPS) is 13.5. The van der Waals surface area contributed by atoms with Crippen molar-refractivity contribution in [1.82, 2.24) is 19.7 Å². The number of hydrogen-bond donors (Lipinski definition) is 2. The number of carbonyl (C=O) groups is 1. The average Bonchev–Trinajstić information content (AvgIpc) is 3.21. The van der Waals surface area contributed by atoms with E-state index in [-0.39, 0.29) is 36.9 Å². The third-order valence-corrected chi connectivity index (χ3v) is 5.39. The molecule has 1 aromatic carbocycles. The van der Waals surface area contributed by atoms with Crippen molar-refractivity contribution in [2.24, 2.45) is 5.92 Å². The van der Waals surface area contributed by atoms with Crippen molar-refractivity contribution in [1.29, 1.82) is 0 Å². The fraction of sp³-hybridized carbons (Fsp3) is 0.364. The third kappa shape index (κ3) is 6.29. The van der Waals surface area contributed by atoms with E-state index in [2.05, 4.69) is 20.4 Å². The van der Waals surface area contributed by atoms with Crippen LogP contribution < -0.4 is 5.32 Å². The lowest BCUT2D eigenvalue weighted by atomic mass is 10.0. The third-order valence-electron chi connectivity index (χ3n) is 5.15. The van der Waals surface area contributed by atoms with Gasteiger partial charge in [-0.1, -0.05) is 37.1 Å². The van der Waals surface area contributed by atoms with Gasteiger partial charge in [-0.3, -0.25) is 9.48 Å². The molecule has 34 heavy (non-hydrogen) atoms. The van der Waals surface area contributed by atoms with Gasteiger partial charge in [-0.2, -0.15) is 18.3 Å². The Bertz CT molecular complexity index is 1130. The summed E-state index contributed by atoms with van der Waals surface area (Å²) >= 11 is 5.91. The second kappa shape index (κ2) is 10.9. The van der Waals surface area contributed by atoms with Crippen LogP contribution in [0.3, 0.4) is 0 Å². The zero-order chi connectivity index (χ0) is 24.9. The molecule has 12 heteroatoms. The number of hydrogen-bond acceptors (Lipinski definition) is 6. The molecule has 0 aliphatic rings. The summed E-state index contributed by atoms with van der Waals surface area (Å²) in [6, 6.07) is 6.89. The van der Waals surface area contributed by atoms with Gasteiger partial charge in [0, 0.05) is 30.3 Å². The molecule has 0 saturated heterocycles. The quantitative estimate of drug-likeness (QED) is 0.238. The zero-order valence-corrected chi connectivity index (χ0v) is 18.8. The molecule has 0 spiro atoms. The first-order valence-electron chi connectivity index (χ1n) is 10.4. The highest BCUT2D eigenvalue weighted by atomic mass is 35.5. The Hall–Kier alpha value is -3.05. The Morgan fingerprint density at radius 2 is 2.06 bits per heavy atom. The summed E-state index contributed by atoms with van der Waals surface area (Å²) in [5.74, 6) is -1.39. The second-order valence-corrected chi connectivity index (χ2v) is 8.06. The molecule has 2 aromatic heterocycles. The first-order valence-corrected chi connectivity index (χ1v) is 10.8. The lowest BCUT2D eigenvalue weighted by Crippen LogP contribution is -2.22. The van der Waals surface area contributed by atoms with Crippen molar-refractivity contribution in [2.45, 2.75) is 38.8 Å². The molecule has 2 heterocycles. The fourth-order valence-electron chi connectivity index (χ4n) is 3.30. The molecule has 2 N–H and O–H groups in total. The van der Waals surface area contributed by atoms with E-state index >= 15 is 0 Å². The maximum atomic E-state index is 14.5. The predicted octanol–water partition coefficient (Wildman–Crippen LogP) is 4.74. The smallest absolute Gasteiger partial charge is 0.396 e. The maximum absolute atomic E-state index is 14.5. The number of aromatic nitrogens is 4. The van der Waals surface area contributed by atoms with Gasteiger partial charge >= 0.3 is 6.18 Å². The molecule has 2 atom stereocenters. The van der Waals surface area contributed by atoms with Crippen LogP contribution >= 0.6 is 11.6 Å². The number of halogens is 5. The Kier molecular flexibility index (Phi) is 8.21. The van der Waals surface area contributed by atoms with Gasteiger partial charge in [0.05, 0.1) is 12.1 Å². The number of nitrogens with one attached hydrogen (secondary N) is 1. The van der Waals surface area contributed by atoms with Crippen molar-refractivity contribution in [3.8, 4) is 0 Å². The summed E-state index contributed by atoms with van der Waals surface area (Å²) in [4.78, 5) is 20.6. The van der Waals surface area contributed by atoms with Gasteiger partial charge in [-0.05, 0) is 23.6 Å². The summed E-state index contributed by atoms with van der Waals surface area (Å²) in [7, 11) is 0. The zero-order valence-electron chi connectivity index (χ0n) is 18.1. The van der Waals surface area contributed by atoms with Crippen molar-refractivity contribution in [2.75, 3.05) is 11.9 Å². The molecule has 0 aliphatic heterocycles. The van der Waals surface area contributed by atoms with Crippen molar-refractivity contribution in [3.05, 3.63) is 70.4 Å². The highest BCUT2D eigenvalue weighted by molar-refractivity contribution is 6.30. The second-order valence-electron chi connectivity index (χ2n) is 7.62. The Labute approximate surface area is 197 Å². The van der Waals surface area contributed by atoms with Crippen LogP contribution in [-0.2, 0) is 12.7 Å². The van der Waals surface area contributed by atoms with Gasteiger partial charge in [0.2, 0.25) is 5.78 Å². The molecular weight excluding hydrogens is 478 g/mol. The average molecular weight is 500 g/mol. The minimum Gasteiger partial charge on any atom is -0.396 e. The first-order chi connectivity index (χ1) is 16.1. The monoisotopic (exact) mass is 499 g/mol. The SMILES string of the molecule is CCC(CO)CC(F)Nc1ncncc1C(=O)c1cc(C(F)(F)F)n(Cc2cccc(Cl)c2)n1. The van der Waals surface area contributed by atoms with Gasteiger partial charge < -0.3 is 10.4 Å². The molecule has 182 valence electrons. The minimum atomic E-state index is -4.78. The molecule has 0 amide bonds. The number of anilines is 1. The lowest BCUT2D eigenvalue weighted by molar-refractivity contribution is -0.144. The summed E-state index contributed by atoms with van der Waals surface area (Å²) < 4.78 is 56.1. The number of alkyl halides is 4. The molecule has 3 aromatic rings. The molecule has 0 saturated carbocycles. The van der Waals surface area contributed by atoms with E-state index in [1.807, 2.05) is 0 Å². The standard InChI is InChI=1S/C22H22ClF4N5O2/c1-2-13(11-33)7-19(24)30-21-16(9-28-12-29-21)20(34)17-8-18(22(25,26)27)32(31-17)10-14-4-3-5-15(23)6-14/h3-6,8-9,12-13,19,33H,2,7,10-11H2,1H3,(H,28,29,30). The van der Waals surface area contributed by atoms with Gasteiger partial charge in [-0.25, -0.2) is 14.4 Å². The molecule has 0 radical (unpaired) electrons. The minimum absolute atomic E-state index is 0.0445. The molecular formula is C22H22ClF4N5O2. The number of rotatable bonds is 10. The number of nitrogens with zero attached hydrogens (tertiary/aromatic N) is 4. The van der Waals surface area contributed by atoms with E-state index in [9.17, 15) is 27.5 Å². The molecule has 0 bridgehead atoms. The lowest BCUT2D eigenvalue weighted by Gasteiger charge is -2.17. The molecule has 2 unspecified atom stereocenters. The van der Waals surface area contributed by atoms with Crippen LogP contribution in [0.2, 0.25) is 5.02 Å². The number of aliphatic hydroxyl groups is 1. The van der Waals surface area contributed by atoms with Crippen LogP contribution in [0.5, 0.6) is 0 Å². The van der Waals surface area contributed by atoms with Crippen LogP contribution in [0, 0.1) is 5.92 Å². The van der Waals surface area contributed by atoms with E-state index in [1.54, 1.807) is 25.1 Å². The number of ketones is 1. The highest BCUT2D eigenvalue weighted by Gasteiger charge is 2.37. The van der Waals surface area contributed by atoms with Crippen molar-refractivity contribution >= 4 is 23.2 Å². The van der Waals surface area contributed by atoms with Crippen LogP contribution in [0.25, 0.3) is 0 Å². The highest BCUT2D eigenvalue weighted by Crippen LogP contribution is 2.31. The van der Waals surface area contributed by atoms with E-state index in [0.29, 0.717) is 27.8 Å². The largest absolute Gasteiger partial charge is 0.433 e. The van der Waals surface area contributed by atoms with Gasteiger partial charge in [0.15, 0.2) is 6.30 Å².